The van der Waals surface area contributed by atoms with Gasteiger partial charge >= 0.3 is 5.97 Å². The second-order valence-electron chi connectivity index (χ2n) is 11.1. The van der Waals surface area contributed by atoms with E-state index >= 15 is 0 Å². The van der Waals surface area contributed by atoms with Gasteiger partial charge in [0.1, 0.15) is 17.6 Å². The average Bonchev–Trinajstić information content (AvgIpc) is 3.56. The van der Waals surface area contributed by atoms with Crippen LogP contribution in [-0.2, 0) is 30.4 Å². The molecule has 1 N–H and O–H groups in total. The molecule has 39 heavy (non-hydrogen) atoms. The van der Waals surface area contributed by atoms with Gasteiger partial charge in [-0.2, -0.15) is 0 Å². The minimum atomic E-state index is -1.16. The SMILES string of the molecule is C=CCCCCOC(=O)[C@@H]1[C@H]2C(=O)N([C@H](C)CO)C(C(=O)N(CC=C)Cc3ccccc3)C23CC[C@@]1(CC)O3. The molecule has 212 valence electrons. The lowest BCUT2D eigenvalue weighted by Gasteiger charge is -2.38. The molecule has 8 nitrogen and oxygen atoms in total. The van der Waals surface area contributed by atoms with Gasteiger partial charge in [-0.05, 0) is 51.0 Å². The summed E-state index contributed by atoms with van der Waals surface area (Å²) in [5, 5.41) is 10.1. The molecule has 3 fully saturated rings. The Morgan fingerprint density at radius 3 is 2.62 bits per heavy atom. The quantitative estimate of drug-likeness (QED) is 0.221. The number of fused-ring (bicyclic) bond motifs is 1. The highest BCUT2D eigenvalue weighted by Gasteiger charge is 2.79. The molecule has 1 aromatic rings. The maximum atomic E-state index is 14.4. The molecule has 0 radical (unpaired) electrons. The van der Waals surface area contributed by atoms with Crippen LogP contribution in [0.1, 0.15) is 57.9 Å². The third-order valence-corrected chi connectivity index (χ3v) is 8.77. The number of likely N-dealkylation sites (tertiary alicyclic amines) is 1. The van der Waals surface area contributed by atoms with Crippen LogP contribution in [0.3, 0.4) is 0 Å². The molecule has 4 rings (SSSR count). The summed E-state index contributed by atoms with van der Waals surface area (Å²) >= 11 is 0. The first-order chi connectivity index (χ1) is 18.8. The van der Waals surface area contributed by atoms with Crippen LogP contribution >= 0.6 is 0 Å². The lowest BCUT2D eigenvalue weighted by atomic mass is 9.65. The number of nitrogens with zero attached hydrogens (tertiary/aromatic N) is 2. The monoisotopic (exact) mass is 538 g/mol. The first-order valence-corrected chi connectivity index (χ1v) is 14.1. The number of benzene rings is 1. The summed E-state index contributed by atoms with van der Waals surface area (Å²) in [4.78, 5) is 45.2. The van der Waals surface area contributed by atoms with Crippen LogP contribution in [0.2, 0.25) is 0 Å². The lowest BCUT2D eigenvalue weighted by molar-refractivity contribution is -0.163. The molecular formula is C31H42N2O6. The van der Waals surface area contributed by atoms with Gasteiger partial charge in [0.05, 0.1) is 30.8 Å². The largest absolute Gasteiger partial charge is 0.465 e. The van der Waals surface area contributed by atoms with Crippen molar-refractivity contribution < 1.29 is 29.0 Å². The maximum absolute atomic E-state index is 14.4. The Labute approximate surface area is 231 Å². The summed E-state index contributed by atoms with van der Waals surface area (Å²) in [5.74, 6) is -2.65. The highest BCUT2D eigenvalue weighted by Crippen LogP contribution is 2.64. The van der Waals surface area contributed by atoms with Crippen molar-refractivity contribution in [1.29, 1.82) is 0 Å². The van der Waals surface area contributed by atoms with Crippen molar-refractivity contribution in [2.24, 2.45) is 11.8 Å². The number of rotatable bonds is 14. The Kier molecular flexibility index (Phi) is 8.96. The number of unbranched alkanes of at least 4 members (excludes halogenated alkanes) is 2. The van der Waals surface area contributed by atoms with E-state index in [0.717, 1.165) is 18.4 Å². The fourth-order valence-corrected chi connectivity index (χ4v) is 6.87. The molecule has 3 saturated heterocycles. The van der Waals surface area contributed by atoms with E-state index in [9.17, 15) is 19.5 Å². The zero-order valence-electron chi connectivity index (χ0n) is 23.2. The second kappa shape index (κ2) is 12.0. The summed E-state index contributed by atoms with van der Waals surface area (Å²) in [6.45, 7) is 11.8. The fourth-order valence-electron chi connectivity index (χ4n) is 6.87. The summed E-state index contributed by atoms with van der Waals surface area (Å²) in [6.07, 6.45) is 7.50. The van der Waals surface area contributed by atoms with E-state index in [1.54, 1.807) is 17.9 Å². The Hall–Kier alpha value is -2.97. The third-order valence-electron chi connectivity index (χ3n) is 8.77. The number of esters is 1. The Morgan fingerprint density at radius 1 is 1.23 bits per heavy atom. The number of aliphatic hydroxyl groups is 1. The van der Waals surface area contributed by atoms with Crippen LogP contribution in [0.5, 0.6) is 0 Å². The highest BCUT2D eigenvalue weighted by molar-refractivity contribution is 5.98. The molecule has 8 heteroatoms. The van der Waals surface area contributed by atoms with E-state index in [1.165, 1.54) is 4.90 Å². The number of hydrogen-bond acceptors (Lipinski definition) is 6. The van der Waals surface area contributed by atoms with Crippen molar-refractivity contribution in [2.45, 2.75) is 82.2 Å². The van der Waals surface area contributed by atoms with Gasteiger partial charge in [0.25, 0.3) is 0 Å². The van der Waals surface area contributed by atoms with Gasteiger partial charge in [-0.25, -0.2) is 0 Å². The first kappa shape index (κ1) is 29.0. The Morgan fingerprint density at radius 2 is 1.97 bits per heavy atom. The lowest BCUT2D eigenvalue weighted by Crippen LogP contribution is -2.58. The molecule has 3 aliphatic rings. The van der Waals surface area contributed by atoms with Crippen LogP contribution in [-0.4, -0.2) is 75.7 Å². The molecule has 3 aliphatic heterocycles. The zero-order chi connectivity index (χ0) is 28.2. The summed E-state index contributed by atoms with van der Waals surface area (Å²) < 4.78 is 12.5. The molecule has 3 heterocycles. The minimum absolute atomic E-state index is 0.264. The van der Waals surface area contributed by atoms with Crippen molar-refractivity contribution in [3.05, 3.63) is 61.2 Å². The average molecular weight is 539 g/mol. The molecule has 0 aromatic heterocycles. The molecule has 0 aliphatic carbocycles. The van der Waals surface area contributed by atoms with Crippen molar-refractivity contribution in [1.82, 2.24) is 9.80 Å². The van der Waals surface area contributed by atoms with Gasteiger partial charge in [0.15, 0.2) is 0 Å². The number of ether oxygens (including phenoxy) is 2. The van der Waals surface area contributed by atoms with Crippen molar-refractivity contribution in [3.8, 4) is 0 Å². The van der Waals surface area contributed by atoms with Crippen LogP contribution in [0.15, 0.2) is 55.6 Å². The number of aliphatic hydroxyl groups excluding tert-OH is 1. The van der Waals surface area contributed by atoms with E-state index in [0.29, 0.717) is 32.2 Å². The van der Waals surface area contributed by atoms with E-state index in [-0.39, 0.29) is 31.6 Å². The summed E-state index contributed by atoms with van der Waals surface area (Å²) in [7, 11) is 0. The molecule has 6 atom stereocenters. The van der Waals surface area contributed by atoms with Crippen LogP contribution < -0.4 is 0 Å². The maximum Gasteiger partial charge on any atom is 0.312 e. The molecule has 2 amide bonds. The molecule has 0 saturated carbocycles. The zero-order valence-corrected chi connectivity index (χ0v) is 23.2. The van der Waals surface area contributed by atoms with Crippen molar-refractivity contribution >= 4 is 17.8 Å². The van der Waals surface area contributed by atoms with Crippen LogP contribution in [0.4, 0.5) is 0 Å². The van der Waals surface area contributed by atoms with Gasteiger partial charge in [0, 0.05) is 13.1 Å². The van der Waals surface area contributed by atoms with E-state index in [1.807, 2.05) is 43.3 Å². The number of amides is 2. The van der Waals surface area contributed by atoms with E-state index in [4.69, 9.17) is 9.47 Å². The van der Waals surface area contributed by atoms with Crippen LogP contribution in [0, 0.1) is 11.8 Å². The molecular weight excluding hydrogens is 496 g/mol. The Bertz CT molecular complexity index is 1080. The number of allylic oxidation sites excluding steroid dienone is 1. The fraction of sp³-hybridized carbons (Fsp3) is 0.581. The highest BCUT2D eigenvalue weighted by atomic mass is 16.6. The number of carbonyl (C=O) groups excluding carboxylic acids is 3. The smallest absolute Gasteiger partial charge is 0.312 e. The van der Waals surface area contributed by atoms with Gasteiger partial charge < -0.3 is 24.4 Å². The van der Waals surface area contributed by atoms with Gasteiger partial charge in [-0.1, -0.05) is 49.4 Å². The van der Waals surface area contributed by atoms with Crippen LogP contribution in [0.25, 0.3) is 0 Å². The van der Waals surface area contributed by atoms with E-state index in [2.05, 4.69) is 13.2 Å². The number of hydrogen-bond donors (Lipinski definition) is 1. The summed E-state index contributed by atoms with van der Waals surface area (Å²) in [5.41, 5.74) is -1.06. The molecule has 2 bridgehead atoms. The topological polar surface area (TPSA) is 96.4 Å². The second-order valence-corrected chi connectivity index (χ2v) is 11.1. The standard InChI is InChI=1S/C31H42N2O6/c1-5-8-9-13-19-38-29(37)25-24-27(35)33(22(4)21-34)26(31(24)17-16-30(25,7-3)39-31)28(36)32(18-6-2)20-23-14-11-10-12-15-23/h5-6,10-12,14-15,22,24-26,34H,1-2,7-9,13,16-21H2,3-4H3/t22-,24+,25+,26?,30-,31?/m1/s1. The third kappa shape index (κ3) is 5.05. The predicted octanol–water partition coefficient (Wildman–Crippen LogP) is 3.64. The summed E-state index contributed by atoms with van der Waals surface area (Å²) in [6, 6.07) is 8.07. The van der Waals surface area contributed by atoms with Gasteiger partial charge in [0.2, 0.25) is 11.8 Å². The molecule has 2 unspecified atom stereocenters. The minimum Gasteiger partial charge on any atom is -0.465 e. The predicted molar refractivity (Wildman–Crippen MR) is 147 cm³/mol. The number of carbonyl (C=O) groups is 3. The van der Waals surface area contributed by atoms with Crippen molar-refractivity contribution in [2.75, 3.05) is 19.8 Å². The Balaban J connectivity index is 1.69. The molecule has 1 aromatic carbocycles. The van der Waals surface area contributed by atoms with Gasteiger partial charge in [-0.15, -0.1) is 13.2 Å². The molecule has 1 spiro atoms. The van der Waals surface area contributed by atoms with Crippen molar-refractivity contribution in [3.63, 3.8) is 0 Å². The first-order valence-electron chi connectivity index (χ1n) is 14.1. The normalized spacial score (nSPS) is 29.7. The van der Waals surface area contributed by atoms with Gasteiger partial charge in [-0.3, -0.25) is 14.4 Å². The van der Waals surface area contributed by atoms with E-state index < -0.39 is 41.1 Å².